The number of rotatable bonds is 4. The van der Waals surface area contributed by atoms with E-state index in [0.29, 0.717) is 11.5 Å². The smallest absolute Gasteiger partial charge is 0.0182 e. The molecule has 2 aliphatic carbocycles. The van der Waals surface area contributed by atoms with Gasteiger partial charge in [0.2, 0.25) is 0 Å². The molecule has 1 spiro atoms. The lowest BCUT2D eigenvalue weighted by Gasteiger charge is -2.49. The van der Waals surface area contributed by atoms with E-state index in [9.17, 15) is 0 Å². The summed E-state index contributed by atoms with van der Waals surface area (Å²) in [7, 11) is 0. The van der Waals surface area contributed by atoms with E-state index < -0.39 is 0 Å². The minimum absolute atomic E-state index is 0.481. The lowest BCUT2D eigenvalue weighted by atomic mass is 9.58. The van der Waals surface area contributed by atoms with Gasteiger partial charge in [-0.3, -0.25) is 0 Å². The molecule has 0 amide bonds. The zero-order valence-electron chi connectivity index (χ0n) is 10.3. The van der Waals surface area contributed by atoms with E-state index >= 15 is 0 Å². The molecule has 1 aromatic rings. The van der Waals surface area contributed by atoms with Crippen LogP contribution in [0.4, 0.5) is 0 Å². The first-order valence-corrected chi connectivity index (χ1v) is 7.30. The van der Waals surface area contributed by atoms with Gasteiger partial charge in [0.05, 0.1) is 0 Å². The largest absolute Gasteiger partial charge is 0.314 e. The van der Waals surface area contributed by atoms with Crippen LogP contribution in [-0.4, -0.2) is 12.6 Å². The molecule has 1 nitrogen and oxygen atoms in total. The maximum absolute atomic E-state index is 3.65. The standard InChI is InChI=1S/C14H21NS/c1-11(2)15-10-14(12-4-3-7-16-12)8-13(9-14)5-6-13/h3-4,7,11,15H,5-6,8-10H2,1-2H3. The second-order valence-electron chi connectivity index (χ2n) is 6.15. The van der Waals surface area contributed by atoms with E-state index in [4.69, 9.17) is 0 Å². The summed E-state index contributed by atoms with van der Waals surface area (Å²) in [6.45, 7) is 5.66. The molecule has 0 bridgehead atoms. The highest BCUT2D eigenvalue weighted by Gasteiger charge is 2.61. The molecule has 88 valence electrons. The molecular formula is C14H21NS. The van der Waals surface area contributed by atoms with Crippen molar-refractivity contribution in [1.29, 1.82) is 0 Å². The molecule has 2 heteroatoms. The molecule has 16 heavy (non-hydrogen) atoms. The molecule has 0 atom stereocenters. The molecule has 0 unspecified atom stereocenters. The van der Waals surface area contributed by atoms with Crippen LogP contribution in [0.1, 0.15) is 44.4 Å². The van der Waals surface area contributed by atoms with Crippen molar-refractivity contribution in [3.63, 3.8) is 0 Å². The fraction of sp³-hybridized carbons (Fsp3) is 0.714. The molecule has 1 N–H and O–H groups in total. The Morgan fingerprint density at radius 3 is 2.62 bits per heavy atom. The van der Waals surface area contributed by atoms with Gasteiger partial charge in [-0.2, -0.15) is 0 Å². The number of hydrogen-bond acceptors (Lipinski definition) is 2. The predicted octanol–water partition coefficient (Wildman–Crippen LogP) is 3.56. The molecule has 0 aromatic carbocycles. The number of hydrogen-bond donors (Lipinski definition) is 1. The Morgan fingerprint density at radius 2 is 2.12 bits per heavy atom. The molecule has 2 aliphatic rings. The van der Waals surface area contributed by atoms with Crippen LogP contribution in [0.3, 0.4) is 0 Å². The summed E-state index contributed by atoms with van der Waals surface area (Å²) < 4.78 is 0. The molecule has 1 aromatic heterocycles. The second-order valence-corrected chi connectivity index (χ2v) is 7.09. The molecule has 0 saturated heterocycles. The topological polar surface area (TPSA) is 12.0 Å². The van der Waals surface area contributed by atoms with Gasteiger partial charge in [-0.15, -0.1) is 11.3 Å². The van der Waals surface area contributed by atoms with Crippen molar-refractivity contribution >= 4 is 11.3 Å². The van der Waals surface area contributed by atoms with Crippen LogP contribution in [0.15, 0.2) is 17.5 Å². The Labute approximate surface area is 102 Å². The van der Waals surface area contributed by atoms with Gasteiger partial charge in [0.25, 0.3) is 0 Å². The highest BCUT2D eigenvalue weighted by molar-refractivity contribution is 7.10. The van der Waals surface area contributed by atoms with Gasteiger partial charge in [0.1, 0.15) is 0 Å². The van der Waals surface area contributed by atoms with E-state index in [1.54, 1.807) is 4.88 Å². The van der Waals surface area contributed by atoms with Crippen LogP contribution in [0, 0.1) is 5.41 Å². The summed E-state index contributed by atoms with van der Waals surface area (Å²) >= 11 is 1.95. The zero-order valence-corrected chi connectivity index (χ0v) is 11.1. The highest BCUT2D eigenvalue weighted by Crippen LogP contribution is 2.69. The third kappa shape index (κ3) is 1.72. The van der Waals surface area contributed by atoms with Crippen LogP contribution in [0.2, 0.25) is 0 Å². The van der Waals surface area contributed by atoms with Gasteiger partial charge in [0.15, 0.2) is 0 Å². The molecule has 3 rings (SSSR count). The summed E-state index contributed by atoms with van der Waals surface area (Å²) in [5.41, 5.74) is 1.26. The van der Waals surface area contributed by atoms with Crippen LogP contribution < -0.4 is 5.32 Å². The SMILES string of the molecule is CC(C)NCC1(c2cccs2)CC2(CC2)C1. The first-order chi connectivity index (χ1) is 7.64. The average molecular weight is 235 g/mol. The van der Waals surface area contributed by atoms with Crippen molar-refractivity contribution in [3.8, 4) is 0 Å². The van der Waals surface area contributed by atoms with E-state index in [0.717, 1.165) is 5.41 Å². The Kier molecular flexibility index (Phi) is 2.41. The fourth-order valence-electron chi connectivity index (χ4n) is 3.28. The molecule has 2 fully saturated rings. The first kappa shape index (κ1) is 10.8. The van der Waals surface area contributed by atoms with Crippen molar-refractivity contribution in [2.75, 3.05) is 6.54 Å². The Balaban J connectivity index is 1.74. The summed E-state index contributed by atoms with van der Waals surface area (Å²) in [6.07, 6.45) is 5.84. The van der Waals surface area contributed by atoms with Crippen molar-refractivity contribution in [2.24, 2.45) is 5.41 Å². The molecular weight excluding hydrogens is 214 g/mol. The first-order valence-electron chi connectivity index (χ1n) is 6.42. The van der Waals surface area contributed by atoms with E-state index in [1.807, 2.05) is 11.3 Å². The molecule has 2 saturated carbocycles. The number of thiophene rings is 1. The van der Waals surface area contributed by atoms with Crippen LogP contribution in [0.5, 0.6) is 0 Å². The van der Waals surface area contributed by atoms with Crippen LogP contribution in [0.25, 0.3) is 0 Å². The monoisotopic (exact) mass is 235 g/mol. The van der Waals surface area contributed by atoms with Crippen molar-refractivity contribution < 1.29 is 0 Å². The minimum Gasteiger partial charge on any atom is -0.314 e. The van der Waals surface area contributed by atoms with Crippen molar-refractivity contribution in [1.82, 2.24) is 5.32 Å². The van der Waals surface area contributed by atoms with Gasteiger partial charge in [-0.05, 0) is 42.5 Å². The van der Waals surface area contributed by atoms with E-state index in [2.05, 4.69) is 36.7 Å². The predicted molar refractivity (Wildman–Crippen MR) is 70.0 cm³/mol. The summed E-state index contributed by atoms with van der Waals surface area (Å²) in [5.74, 6) is 0. The van der Waals surface area contributed by atoms with Gasteiger partial charge >= 0.3 is 0 Å². The summed E-state index contributed by atoms with van der Waals surface area (Å²) in [4.78, 5) is 1.61. The highest BCUT2D eigenvalue weighted by atomic mass is 32.1. The van der Waals surface area contributed by atoms with Crippen molar-refractivity contribution in [3.05, 3.63) is 22.4 Å². The van der Waals surface area contributed by atoms with Crippen LogP contribution >= 0.6 is 11.3 Å². The number of nitrogens with one attached hydrogen (secondary N) is 1. The lowest BCUT2D eigenvalue weighted by Crippen LogP contribution is -2.50. The minimum atomic E-state index is 0.481. The Morgan fingerprint density at radius 1 is 1.38 bits per heavy atom. The van der Waals surface area contributed by atoms with Gasteiger partial charge in [-0.1, -0.05) is 19.9 Å². The normalized spacial score (nSPS) is 24.7. The van der Waals surface area contributed by atoms with Gasteiger partial charge < -0.3 is 5.32 Å². The molecule has 1 heterocycles. The zero-order chi connectivity index (χ0) is 11.2. The average Bonchev–Trinajstić information content (AvgIpc) is 2.76. The fourth-order valence-corrected chi connectivity index (χ4v) is 4.21. The molecule has 0 radical (unpaired) electrons. The Bertz CT molecular complexity index is 354. The third-order valence-corrected chi connectivity index (χ3v) is 5.39. The summed E-state index contributed by atoms with van der Waals surface area (Å²) in [5, 5.41) is 5.88. The van der Waals surface area contributed by atoms with Crippen molar-refractivity contribution in [2.45, 2.75) is 51.0 Å². The van der Waals surface area contributed by atoms with Crippen LogP contribution in [-0.2, 0) is 5.41 Å². The van der Waals surface area contributed by atoms with E-state index in [1.165, 1.54) is 32.2 Å². The quantitative estimate of drug-likeness (QED) is 0.841. The van der Waals surface area contributed by atoms with E-state index in [-0.39, 0.29) is 0 Å². The Hall–Kier alpha value is -0.340. The molecule has 0 aliphatic heterocycles. The maximum Gasteiger partial charge on any atom is 0.0182 e. The summed E-state index contributed by atoms with van der Waals surface area (Å²) in [6, 6.07) is 5.14. The van der Waals surface area contributed by atoms with Gasteiger partial charge in [0, 0.05) is 22.9 Å². The second kappa shape index (κ2) is 3.58. The van der Waals surface area contributed by atoms with Gasteiger partial charge in [-0.25, -0.2) is 0 Å². The third-order valence-electron chi connectivity index (χ3n) is 4.28. The lowest BCUT2D eigenvalue weighted by molar-refractivity contribution is 0.117. The maximum atomic E-state index is 3.65.